The van der Waals surface area contributed by atoms with Crippen molar-refractivity contribution in [2.45, 2.75) is 6.42 Å². The number of carbonyl (C=O) groups is 1. The van der Waals surface area contributed by atoms with Crippen LogP contribution in [0.1, 0.15) is 22.3 Å². The van der Waals surface area contributed by atoms with E-state index >= 15 is 0 Å². The molecule has 0 radical (unpaired) electrons. The van der Waals surface area contributed by atoms with Crippen molar-refractivity contribution in [2.24, 2.45) is 5.11 Å². The summed E-state index contributed by atoms with van der Waals surface area (Å²) in [6, 6.07) is 2.93. The van der Waals surface area contributed by atoms with E-state index in [4.69, 9.17) is 22.9 Å². The maximum absolute atomic E-state index is 11.5. The molecular weight excluding hydrogens is 268 g/mol. The van der Waals surface area contributed by atoms with Gasteiger partial charge in [-0.25, -0.2) is 4.79 Å². The predicted octanol–water partition coefficient (Wildman–Crippen LogP) is 2.76. The molecule has 0 aliphatic carbocycles. The molecule has 0 saturated heterocycles. The van der Waals surface area contributed by atoms with Crippen LogP contribution in [0.3, 0.4) is 0 Å². The number of hydrogen-bond donors (Lipinski definition) is 1. The second-order valence-corrected chi connectivity index (χ2v) is 3.82. The molecule has 0 spiro atoms. The number of benzene rings is 1. The van der Waals surface area contributed by atoms with Gasteiger partial charge in [0.1, 0.15) is 0 Å². The number of nitrogens with two attached hydrogens (primary N) is 1. The number of esters is 1. The number of hydrogen-bond acceptors (Lipinski definition) is 4. The van der Waals surface area contributed by atoms with Gasteiger partial charge >= 0.3 is 5.97 Å². The van der Waals surface area contributed by atoms with Crippen LogP contribution in [-0.2, 0) is 4.74 Å². The fraction of sp³-hybridized carbons (Fsp3) is 0.250. The van der Waals surface area contributed by atoms with Gasteiger partial charge in [-0.3, -0.25) is 0 Å². The molecule has 98 valence electrons. The number of nitrogen functional groups attached to an aromatic ring is 1. The van der Waals surface area contributed by atoms with Gasteiger partial charge in [-0.2, -0.15) is 0 Å². The van der Waals surface area contributed by atoms with Gasteiger partial charge in [-0.15, -0.1) is 0 Å². The number of rotatable bonds is 3. The fourth-order valence-corrected chi connectivity index (χ4v) is 1.50. The van der Waals surface area contributed by atoms with Crippen molar-refractivity contribution in [1.82, 2.24) is 0 Å². The molecule has 0 fully saturated rings. The van der Waals surface area contributed by atoms with Gasteiger partial charge in [0.2, 0.25) is 0 Å². The highest BCUT2D eigenvalue weighted by molar-refractivity contribution is 6.32. The molecule has 0 saturated carbocycles. The number of nitrogens with zero attached hydrogens (tertiary/aromatic N) is 3. The molecule has 7 heteroatoms. The van der Waals surface area contributed by atoms with Crippen LogP contribution in [0.5, 0.6) is 0 Å². The van der Waals surface area contributed by atoms with Crippen molar-refractivity contribution in [3.05, 3.63) is 38.7 Å². The summed E-state index contributed by atoms with van der Waals surface area (Å²) in [7, 11) is 1.27. The third-order valence-corrected chi connectivity index (χ3v) is 2.48. The number of carbonyl (C=O) groups excluding carboxylic acids is 1. The second-order valence-electron chi connectivity index (χ2n) is 3.42. The third kappa shape index (κ3) is 4.11. The van der Waals surface area contributed by atoms with Gasteiger partial charge in [0.15, 0.2) is 0 Å². The average Bonchev–Trinajstić information content (AvgIpc) is 2.39. The lowest BCUT2D eigenvalue weighted by Crippen LogP contribution is -2.06. The zero-order valence-corrected chi connectivity index (χ0v) is 10.9. The first-order valence-corrected chi connectivity index (χ1v) is 5.65. The summed E-state index contributed by atoms with van der Waals surface area (Å²) in [5.41, 5.74) is 14.7. The van der Waals surface area contributed by atoms with Crippen LogP contribution >= 0.6 is 11.6 Å². The Bertz CT molecular complexity index is 598. The molecule has 1 rings (SSSR count). The maximum Gasteiger partial charge on any atom is 0.340 e. The first kappa shape index (κ1) is 14.7. The van der Waals surface area contributed by atoms with Crippen LogP contribution in [0.2, 0.25) is 5.02 Å². The summed E-state index contributed by atoms with van der Waals surface area (Å²) >= 11 is 5.97. The van der Waals surface area contributed by atoms with E-state index in [1.807, 2.05) is 0 Å². The second kappa shape index (κ2) is 7.17. The Morgan fingerprint density at radius 2 is 2.37 bits per heavy atom. The molecule has 1 aromatic carbocycles. The SMILES string of the molecule is COC(=O)c1cc(C#CCCN=[N+]=[N-])c(Cl)cc1N. The predicted molar refractivity (Wildman–Crippen MR) is 72.7 cm³/mol. The molecule has 0 heterocycles. The zero-order chi connectivity index (χ0) is 14.3. The Kier molecular flexibility index (Phi) is 5.55. The minimum Gasteiger partial charge on any atom is -0.465 e. The molecule has 0 aliphatic rings. The third-order valence-electron chi connectivity index (χ3n) is 2.17. The molecule has 2 N–H and O–H groups in total. The maximum atomic E-state index is 11.5. The lowest BCUT2D eigenvalue weighted by molar-refractivity contribution is 0.0602. The summed E-state index contributed by atoms with van der Waals surface area (Å²) in [6.07, 6.45) is 0.401. The van der Waals surface area contributed by atoms with E-state index in [9.17, 15) is 4.79 Å². The van der Waals surface area contributed by atoms with E-state index in [2.05, 4.69) is 26.6 Å². The molecule has 0 aromatic heterocycles. The standard InChI is InChI=1S/C12H11ClN4O2/c1-19-12(18)9-6-8(10(13)7-11(9)14)4-2-3-5-16-17-15/h6-7H,3,5,14H2,1H3. The van der Waals surface area contributed by atoms with Crippen LogP contribution in [0, 0.1) is 11.8 Å². The Labute approximate surface area is 115 Å². The highest BCUT2D eigenvalue weighted by atomic mass is 35.5. The van der Waals surface area contributed by atoms with Gasteiger partial charge in [-0.05, 0) is 17.7 Å². The van der Waals surface area contributed by atoms with Crippen LogP contribution in [0.4, 0.5) is 5.69 Å². The molecule has 6 nitrogen and oxygen atoms in total. The number of azide groups is 1. The summed E-state index contributed by atoms with van der Waals surface area (Å²) < 4.78 is 4.60. The van der Waals surface area contributed by atoms with Gasteiger partial charge in [-0.1, -0.05) is 28.6 Å². The van der Waals surface area contributed by atoms with E-state index in [1.54, 1.807) is 0 Å². The van der Waals surface area contributed by atoms with Crippen molar-refractivity contribution in [3.63, 3.8) is 0 Å². The van der Waals surface area contributed by atoms with Crippen LogP contribution in [-0.4, -0.2) is 19.6 Å². The highest BCUT2D eigenvalue weighted by Crippen LogP contribution is 2.23. The summed E-state index contributed by atoms with van der Waals surface area (Å²) in [6.45, 7) is 0.278. The van der Waals surface area contributed by atoms with E-state index in [-0.39, 0.29) is 17.8 Å². The summed E-state index contributed by atoms with van der Waals surface area (Å²) in [5.74, 6) is 5.03. The summed E-state index contributed by atoms with van der Waals surface area (Å²) in [4.78, 5) is 14.1. The molecule has 19 heavy (non-hydrogen) atoms. The Morgan fingerprint density at radius 1 is 1.63 bits per heavy atom. The van der Waals surface area contributed by atoms with Crippen molar-refractivity contribution in [3.8, 4) is 11.8 Å². The van der Waals surface area contributed by atoms with Crippen molar-refractivity contribution in [1.29, 1.82) is 0 Å². The van der Waals surface area contributed by atoms with Crippen LogP contribution in [0.15, 0.2) is 17.2 Å². The largest absolute Gasteiger partial charge is 0.465 e. The number of ether oxygens (including phenoxy) is 1. The van der Waals surface area contributed by atoms with Crippen molar-refractivity contribution < 1.29 is 9.53 Å². The molecule has 1 aromatic rings. The van der Waals surface area contributed by atoms with E-state index < -0.39 is 5.97 Å². The minimum atomic E-state index is -0.550. The molecule has 0 aliphatic heterocycles. The molecule has 0 bridgehead atoms. The Morgan fingerprint density at radius 3 is 3.00 bits per heavy atom. The molecule has 0 unspecified atom stereocenters. The Hall–Kier alpha value is -2.35. The van der Waals surface area contributed by atoms with E-state index in [0.29, 0.717) is 17.0 Å². The van der Waals surface area contributed by atoms with Gasteiger partial charge in [0.25, 0.3) is 0 Å². The van der Waals surface area contributed by atoms with Gasteiger partial charge in [0, 0.05) is 29.1 Å². The number of halogens is 1. The zero-order valence-electron chi connectivity index (χ0n) is 10.2. The highest BCUT2D eigenvalue weighted by Gasteiger charge is 2.12. The quantitative estimate of drug-likeness (QED) is 0.175. The number of anilines is 1. The lowest BCUT2D eigenvalue weighted by Gasteiger charge is -2.05. The van der Waals surface area contributed by atoms with Crippen molar-refractivity contribution in [2.75, 3.05) is 19.4 Å². The van der Waals surface area contributed by atoms with Gasteiger partial charge < -0.3 is 10.5 Å². The topological polar surface area (TPSA) is 101 Å². The first-order chi connectivity index (χ1) is 9.10. The average molecular weight is 279 g/mol. The smallest absolute Gasteiger partial charge is 0.340 e. The fourth-order valence-electron chi connectivity index (χ4n) is 1.28. The summed E-state index contributed by atoms with van der Waals surface area (Å²) in [5, 5.41) is 3.70. The number of methoxy groups -OCH3 is 1. The lowest BCUT2D eigenvalue weighted by atomic mass is 10.1. The molecule has 0 amide bonds. The normalized spacial score (nSPS) is 8.95. The van der Waals surface area contributed by atoms with Crippen LogP contribution < -0.4 is 5.73 Å². The van der Waals surface area contributed by atoms with E-state index in [1.165, 1.54) is 19.2 Å². The monoisotopic (exact) mass is 278 g/mol. The van der Waals surface area contributed by atoms with E-state index in [0.717, 1.165) is 0 Å². The molecular formula is C12H11ClN4O2. The van der Waals surface area contributed by atoms with Crippen LogP contribution in [0.25, 0.3) is 10.4 Å². The molecule has 0 atom stereocenters. The van der Waals surface area contributed by atoms with Crippen molar-refractivity contribution >= 4 is 23.3 Å². The first-order valence-electron chi connectivity index (χ1n) is 5.27. The Balaban J connectivity index is 3.00. The van der Waals surface area contributed by atoms with Gasteiger partial charge in [0.05, 0.1) is 17.7 Å². The minimum absolute atomic E-state index is 0.214.